The average molecular weight is 479 g/mol. The number of hydrogen-bond donors (Lipinski definition) is 2. The Morgan fingerprint density at radius 1 is 1.08 bits per heavy atom. The predicted octanol–water partition coefficient (Wildman–Crippen LogP) is 4.66. The molecule has 0 aliphatic carbocycles. The summed E-state index contributed by atoms with van der Waals surface area (Å²) >= 11 is 1.82. The maximum atomic E-state index is 13.4. The average Bonchev–Trinajstić information content (AvgIpc) is 2.38. The third-order valence-corrected chi connectivity index (χ3v) is 3.22. The van der Waals surface area contributed by atoms with E-state index in [0.717, 1.165) is 0 Å². The first-order valence-electron chi connectivity index (χ1n) is 7.79. The summed E-state index contributed by atoms with van der Waals surface area (Å²) in [6, 6.07) is 4.19. The van der Waals surface area contributed by atoms with E-state index in [2.05, 4.69) is 15.6 Å². The summed E-state index contributed by atoms with van der Waals surface area (Å²) in [5.41, 5.74) is -1.05. The summed E-state index contributed by atoms with van der Waals surface area (Å²) in [6.45, 7) is 10.2. The molecule has 1 rings (SSSR count). The molecule has 0 bridgehead atoms. The number of aliphatic imine (C=N–C) groups is 1. The maximum absolute atomic E-state index is 13.4. The number of anilines is 1. The molecule has 0 unspecified atom stereocenters. The first-order valence-corrected chi connectivity index (χ1v) is 8.87. The van der Waals surface area contributed by atoms with Crippen LogP contribution >= 0.6 is 22.6 Å². The fourth-order valence-corrected chi connectivity index (χ4v) is 2.09. The Bertz CT molecular complexity index is 709. The second-order valence-corrected chi connectivity index (χ2v) is 8.48. The Hall–Kier alpha value is -1.91. The lowest BCUT2D eigenvalue weighted by molar-refractivity contribution is 0.0562. The van der Waals surface area contributed by atoms with E-state index in [1.54, 1.807) is 41.5 Å². The van der Waals surface area contributed by atoms with Crippen LogP contribution in [0.2, 0.25) is 0 Å². The first-order chi connectivity index (χ1) is 11.7. The molecule has 0 aliphatic rings. The van der Waals surface area contributed by atoms with Crippen molar-refractivity contribution >= 4 is 46.4 Å². The van der Waals surface area contributed by atoms with Gasteiger partial charge < -0.3 is 14.8 Å². The van der Waals surface area contributed by atoms with Crippen LogP contribution in [-0.2, 0) is 9.47 Å². The van der Waals surface area contributed by atoms with Crippen molar-refractivity contribution in [2.45, 2.75) is 52.7 Å². The number of nitrogens with zero attached hydrogens (tertiary/aromatic N) is 1. The molecule has 0 aliphatic heterocycles. The second kappa shape index (κ2) is 8.65. The van der Waals surface area contributed by atoms with E-state index in [9.17, 15) is 14.0 Å². The molecule has 9 heteroatoms. The van der Waals surface area contributed by atoms with Crippen LogP contribution in [-0.4, -0.2) is 29.3 Å². The van der Waals surface area contributed by atoms with Crippen LogP contribution in [0.4, 0.5) is 19.7 Å². The zero-order valence-electron chi connectivity index (χ0n) is 15.6. The van der Waals surface area contributed by atoms with Crippen molar-refractivity contribution in [3.63, 3.8) is 0 Å². The molecule has 1 aromatic rings. The SMILES string of the molecule is CC(C)(C)OC(=O)/N=C(/NC(=O)OC(C)(C)C)Nc1ccc(F)c(I)c1. The molecule has 144 valence electrons. The lowest BCUT2D eigenvalue weighted by Gasteiger charge is -2.21. The third-order valence-electron chi connectivity index (χ3n) is 2.40. The van der Waals surface area contributed by atoms with Gasteiger partial charge in [0.25, 0.3) is 0 Å². The Labute approximate surface area is 165 Å². The first kappa shape index (κ1) is 22.1. The summed E-state index contributed by atoms with van der Waals surface area (Å²) in [7, 11) is 0. The molecule has 0 fully saturated rings. The minimum atomic E-state index is -0.895. The number of hydrogen-bond acceptors (Lipinski definition) is 4. The van der Waals surface area contributed by atoms with E-state index < -0.39 is 23.4 Å². The zero-order chi connectivity index (χ0) is 20.1. The highest BCUT2D eigenvalue weighted by atomic mass is 127. The Balaban J connectivity index is 3.02. The van der Waals surface area contributed by atoms with E-state index in [-0.39, 0.29) is 11.8 Å². The number of amides is 2. The van der Waals surface area contributed by atoms with E-state index >= 15 is 0 Å². The number of nitrogens with one attached hydrogen (secondary N) is 2. The van der Waals surface area contributed by atoms with Crippen LogP contribution in [0.3, 0.4) is 0 Å². The number of guanidine groups is 1. The van der Waals surface area contributed by atoms with E-state index in [0.29, 0.717) is 9.26 Å². The van der Waals surface area contributed by atoms with Gasteiger partial charge in [0, 0.05) is 5.69 Å². The van der Waals surface area contributed by atoms with Gasteiger partial charge in [-0.05, 0) is 82.3 Å². The van der Waals surface area contributed by atoms with Crippen molar-refractivity contribution in [3.05, 3.63) is 27.6 Å². The van der Waals surface area contributed by atoms with Gasteiger partial charge in [-0.1, -0.05) is 0 Å². The molecule has 26 heavy (non-hydrogen) atoms. The molecule has 2 N–H and O–H groups in total. The van der Waals surface area contributed by atoms with Gasteiger partial charge >= 0.3 is 12.2 Å². The number of carbonyl (C=O) groups excluding carboxylic acids is 2. The molecule has 2 amide bonds. The van der Waals surface area contributed by atoms with Gasteiger partial charge in [-0.2, -0.15) is 0 Å². The fourth-order valence-electron chi connectivity index (χ4n) is 1.57. The van der Waals surface area contributed by atoms with Crippen molar-refractivity contribution in [2.75, 3.05) is 5.32 Å². The molecule has 0 atom stereocenters. The topological polar surface area (TPSA) is 89.0 Å². The third kappa shape index (κ3) is 8.97. The van der Waals surface area contributed by atoms with E-state index in [1.165, 1.54) is 18.2 Å². The number of ether oxygens (including phenoxy) is 2. The molecule has 7 nitrogen and oxygen atoms in total. The number of halogens is 2. The Morgan fingerprint density at radius 3 is 2.15 bits per heavy atom. The van der Waals surface area contributed by atoms with Gasteiger partial charge in [0.05, 0.1) is 3.57 Å². The smallest absolute Gasteiger partial charge is 0.437 e. The van der Waals surface area contributed by atoms with Gasteiger partial charge in [0.15, 0.2) is 0 Å². The number of benzene rings is 1. The highest BCUT2D eigenvalue weighted by molar-refractivity contribution is 14.1. The summed E-state index contributed by atoms with van der Waals surface area (Å²) in [5.74, 6) is -0.585. The monoisotopic (exact) mass is 479 g/mol. The maximum Gasteiger partial charge on any atom is 0.437 e. The van der Waals surface area contributed by atoms with Gasteiger partial charge in [0.2, 0.25) is 5.96 Å². The van der Waals surface area contributed by atoms with Crippen LogP contribution in [0.1, 0.15) is 41.5 Å². The molecular formula is C17H23FIN3O4. The van der Waals surface area contributed by atoms with E-state index in [1.807, 2.05) is 22.6 Å². The normalized spacial score (nSPS) is 12.4. The quantitative estimate of drug-likeness (QED) is 0.348. The molecule has 0 radical (unpaired) electrons. The van der Waals surface area contributed by atoms with Gasteiger partial charge in [-0.3, -0.25) is 5.32 Å². The number of rotatable bonds is 1. The van der Waals surface area contributed by atoms with Crippen LogP contribution in [0.15, 0.2) is 23.2 Å². The Kier molecular flexibility index (Phi) is 7.36. The lowest BCUT2D eigenvalue weighted by atomic mass is 10.2. The number of alkyl carbamates (subject to hydrolysis) is 1. The predicted molar refractivity (Wildman–Crippen MR) is 106 cm³/mol. The van der Waals surface area contributed by atoms with Gasteiger partial charge in [0.1, 0.15) is 17.0 Å². The number of carbonyl (C=O) groups is 2. The Morgan fingerprint density at radius 2 is 1.65 bits per heavy atom. The molecular weight excluding hydrogens is 456 g/mol. The van der Waals surface area contributed by atoms with Gasteiger partial charge in [-0.15, -0.1) is 4.99 Å². The van der Waals surface area contributed by atoms with Crippen molar-refractivity contribution in [1.29, 1.82) is 0 Å². The van der Waals surface area contributed by atoms with E-state index in [4.69, 9.17) is 9.47 Å². The molecule has 0 spiro atoms. The van der Waals surface area contributed by atoms with Crippen LogP contribution in [0.5, 0.6) is 0 Å². The highest BCUT2D eigenvalue weighted by Gasteiger charge is 2.20. The van der Waals surface area contributed by atoms with Crippen LogP contribution in [0.25, 0.3) is 0 Å². The van der Waals surface area contributed by atoms with Crippen molar-refractivity contribution < 1.29 is 23.5 Å². The molecule has 0 aromatic heterocycles. The van der Waals surface area contributed by atoms with Crippen molar-refractivity contribution in [3.8, 4) is 0 Å². The van der Waals surface area contributed by atoms with Gasteiger partial charge in [-0.25, -0.2) is 14.0 Å². The summed E-state index contributed by atoms with van der Waals surface area (Å²) in [6.07, 6.45) is -1.70. The van der Waals surface area contributed by atoms with Crippen molar-refractivity contribution in [2.24, 2.45) is 4.99 Å². The molecule has 0 saturated carbocycles. The standard InChI is InChI=1S/C17H23FIN3O4/c1-16(2,3)25-14(23)21-13(22-15(24)26-17(4,5)6)20-10-7-8-11(18)12(19)9-10/h7-9H,1-6H3,(H2,20,21,22,23,24). The molecule has 0 saturated heterocycles. The highest BCUT2D eigenvalue weighted by Crippen LogP contribution is 2.17. The largest absolute Gasteiger partial charge is 0.444 e. The molecule has 1 aromatic carbocycles. The zero-order valence-corrected chi connectivity index (χ0v) is 17.7. The van der Waals surface area contributed by atoms with Crippen LogP contribution in [0, 0.1) is 9.39 Å². The summed E-state index contributed by atoms with van der Waals surface area (Å²) in [5, 5.41) is 5.10. The minimum absolute atomic E-state index is 0.198. The summed E-state index contributed by atoms with van der Waals surface area (Å²) in [4.78, 5) is 27.6. The van der Waals surface area contributed by atoms with Crippen molar-refractivity contribution in [1.82, 2.24) is 5.32 Å². The second-order valence-electron chi connectivity index (χ2n) is 7.32. The van der Waals surface area contributed by atoms with Crippen LogP contribution < -0.4 is 10.6 Å². The fraction of sp³-hybridized carbons (Fsp3) is 0.471. The molecule has 0 heterocycles. The lowest BCUT2D eigenvalue weighted by Crippen LogP contribution is -2.40. The summed E-state index contributed by atoms with van der Waals surface area (Å²) < 4.78 is 24.0. The minimum Gasteiger partial charge on any atom is -0.444 e.